The molecule has 0 aromatic heterocycles. The van der Waals surface area contributed by atoms with Crippen molar-refractivity contribution in [3.05, 3.63) is 52.5 Å². The van der Waals surface area contributed by atoms with E-state index >= 15 is 0 Å². The number of benzene rings is 2. The maximum absolute atomic E-state index is 12.7. The van der Waals surface area contributed by atoms with Crippen molar-refractivity contribution in [2.75, 3.05) is 36.4 Å². The van der Waals surface area contributed by atoms with Crippen LogP contribution in [0.4, 0.5) is 11.4 Å². The summed E-state index contributed by atoms with van der Waals surface area (Å²) in [6, 6.07) is 12.5. The molecule has 0 amide bonds. The highest BCUT2D eigenvalue weighted by Crippen LogP contribution is 2.31. The standard InChI is InChI=1S/C18H21BrN2O3S/c1-24-12-11-21-10-4-5-14-8-9-15(13-17(14)21)20-25(22,23)18-7-3-2-6-16(18)19/h2-3,6-9,13,20H,4-5,10-12H2,1H3. The van der Waals surface area contributed by atoms with Gasteiger partial charge in [0.15, 0.2) is 0 Å². The van der Waals surface area contributed by atoms with E-state index in [0.717, 1.165) is 31.6 Å². The number of ether oxygens (including phenoxy) is 1. The molecule has 2 aromatic rings. The lowest BCUT2D eigenvalue weighted by atomic mass is 10.0. The number of anilines is 2. The van der Waals surface area contributed by atoms with Crippen LogP contribution in [-0.4, -0.2) is 35.2 Å². The number of nitrogens with one attached hydrogen (secondary N) is 1. The molecule has 7 heteroatoms. The average Bonchev–Trinajstić information content (AvgIpc) is 2.60. The molecule has 1 aliphatic rings. The van der Waals surface area contributed by atoms with Gasteiger partial charge in [-0.2, -0.15) is 0 Å². The number of methoxy groups -OCH3 is 1. The topological polar surface area (TPSA) is 58.6 Å². The number of halogens is 1. The molecule has 134 valence electrons. The second-order valence-corrected chi connectivity index (χ2v) is 8.47. The van der Waals surface area contributed by atoms with Crippen LogP contribution in [0.5, 0.6) is 0 Å². The van der Waals surface area contributed by atoms with Crippen LogP contribution >= 0.6 is 15.9 Å². The maximum Gasteiger partial charge on any atom is 0.263 e. The smallest absolute Gasteiger partial charge is 0.263 e. The summed E-state index contributed by atoms with van der Waals surface area (Å²) in [6.07, 6.45) is 2.11. The molecule has 0 unspecified atom stereocenters. The fourth-order valence-corrected chi connectivity index (χ4v) is 5.07. The lowest BCUT2D eigenvalue weighted by Crippen LogP contribution is -2.32. The monoisotopic (exact) mass is 424 g/mol. The van der Waals surface area contributed by atoms with Gasteiger partial charge in [-0.3, -0.25) is 4.72 Å². The number of hydrogen-bond acceptors (Lipinski definition) is 4. The quantitative estimate of drug-likeness (QED) is 0.768. The van der Waals surface area contributed by atoms with Gasteiger partial charge in [0.1, 0.15) is 4.90 Å². The van der Waals surface area contributed by atoms with Gasteiger partial charge in [0, 0.05) is 30.4 Å². The van der Waals surface area contributed by atoms with Crippen LogP contribution in [0, 0.1) is 0 Å². The molecule has 3 rings (SSSR count). The average molecular weight is 425 g/mol. The van der Waals surface area contributed by atoms with Gasteiger partial charge in [0.05, 0.1) is 12.3 Å². The van der Waals surface area contributed by atoms with Crippen molar-refractivity contribution in [2.45, 2.75) is 17.7 Å². The van der Waals surface area contributed by atoms with Crippen LogP contribution in [0.15, 0.2) is 51.8 Å². The zero-order valence-corrected chi connectivity index (χ0v) is 16.4. The molecular formula is C18H21BrN2O3S. The fraction of sp³-hybridized carbons (Fsp3) is 0.333. The molecular weight excluding hydrogens is 404 g/mol. The lowest BCUT2D eigenvalue weighted by Gasteiger charge is -2.31. The van der Waals surface area contributed by atoms with Crippen molar-refractivity contribution in [3.63, 3.8) is 0 Å². The van der Waals surface area contributed by atoms with Crippen LogP contribution in [0.2, 0.25) is 0 Å². The second kappa shape index (κ2) is 7.76. The molecule has 0 saturated heterocycles. The van der Waals surface area contributed by atoms with Gasteiger partial charge in [-0.15, -0.1) is 0 Å². The Morgan fingerprint density at radius 3 is 2.80 bits per heavy atom. The predicted molar refractivity (Wildman–Crippen MR) is 104 cm³/mol. The van der Waals surface area contributed by atoms with Crippen molar-refractivity contribution >= 4 is 37.3 Å². The molecule has 0 spiro atoms. The summed E-state index contributed by atoms with van der Waals surface area (Å²) in [5, 5.41) is 0. The number of fused-ring (bicyclic) bond motifs is 1. The van der Waals surface area contributed by atoms with E-state index in [0.29, 0.717) is 16.8 Å². The zero-order chi connectivity index (χ0) is 17.9. The Kier molecular flexibility index (Phi) is 5.66. The van der Waals surface area contributed by atoms with Crippen molar-refractivity contribution in [1.29, 1.82) is 0 Å². The number of aryl methyl sites for hydroxylation is 1. The predicted octanol–water partition coefficient (Wildman–Crippen LogP) is 3.65. The minimum Gasteiger partial charge on any atom is -0.383 e. The highest BCUT2D eigenvalue weighted by atomic mass is 79.9. The van der Waals surface area contributed by atoms with Gasteiger partial charge in [-0.05, 0) is 58.6 Å². The largest absolute Gasteiger partial charge is 0.383 e. The third kappa shape index (κ3) is 4.16. The molecule has 5 nitrogen and oxygen atoms in total. The van der Waals surface area contributed by atoms with Crippen molar-refractivity contribution in [3.8, 4) is 0 Å². The van der Waals surface area contributed by atoms with Gasteiger partial charge in [-0.1, -0.05) is 18.2 Å². The normalized spacial score (nSPS) is 14.2. The fourth-order valence-electron chi connectivity index (χ4n) is 3.02. The van der Waals surface area contributed by atoms with Gasteiger partial charge in [0.2, 0.25) is 0 Å². The van der Waals surface area contributed by atoms with Gasteiger partial charge in [-0.25, -0.2) is 8.42 Å². The molecule has 0 bridgehead atoms. The summed E-state index contributed by atoms with van der Waals surface area (Å²) in [4.78, 5) is 2.47. The second-order valence-electron chi connectivity index (χ2n) is 5.96. The van der Waals surface area contributed by atoms with Crippen LogP contribution in [-0.2, 0) is 21.2 Å². The summed E-state index contributed by atoms with van der Waals surface area (Å²) in [6.45, 7) is 2.40. The summed E-state index contributed by atoms with van der Waals surface area (Å²) in [7, 11) is -1.96. The van der Waals surface area contributed by atoms with Gasteiger partial charge >= 0.3 is 0 Å². The van der Waals surface area contributed by atoms with E-state index in [9.17, 15) is 8.42 Å². The Morgan fingerprint density at radius 1 is 1.24 bits per heavy atom. The Balaban J connectivity index is 1.88. The van der Waals surface area contributed by atoms with E-state index < -0.39 is 10.0 Å². The molecule has 1 aliphatic heterocycles. The van der Waals surface area contributed by atoms with Gasteiger partial charge in [0.25, 0.3) is 10.0 Å². The van der Waals surface area contributed by atoms with E-state index in [2.05, 4.69) is 25.6 Å². The molecule has 2 aromatic carbocycles. The van der Waals surface area contributed by atoms with Crippen molar-refractivity contribution in [1.82, 2.24) is 0 Å². The van der Waals surface area contributed by atoms with E-state index in [-0.39, 0.29) is 4.90 Å². The van der Waals surface area contributed by atoms with E-state index in [1.54, 1.807) is 31.4 Å². The third-order valence-electron chi connectivity index (χ3n) is 4.24. The molecule has 0 saturated carbocycles. The molecule has 25 heavy (non-hydrogen) atoms. The SMILES string of the molecule is COCCN1CCCc2ccc(NS(=O)(=O)c3ccccc3Br)cc21. The maximum atomic E-state index is 12.7. The first-order valence-electron chi connectivity index (χ1n) is 8.15. The minimum atomic E-state index is -3.65. The minimum absolute atomic E-state index is 0.226. The van der Waals surface area contributed by atoms with Crippen LogP contribution in [0.1, 0.15) is 12.0 Å². The van der Waals surface area contributed by atoms with E-state index in [4.69, 9.17) is 4.74 Å². The Bertz CT molecular complexity index is 855. The molecule has 0 aliphatic carbocycles. The first-order chi connectivity index (χ1) is 12.0. The third-order valence-corrected chi connectivity index (χ3v) is 6.64. The number of sulfonamides is 1. The van der Waals surface area contributed by atoms with Crippen LogP contribution in [0.3, 0.4) is 0 Å². The highest BCUT2D eigenvalue weighted by Gasteiger charge is 2.20. The highest BCUT2D eigenvalue weighted by molar-refractivity contribution is 9.10. The Hall–Kier alpha value is -1.57. The summed E-state index contributed by atoms with van der Waals surface area (Å²) in [5.74, 6) is 0. The Labute approximate surface area is 157 Å². The summed E-state index contributed by atoms with van der Waals surface area (Å²) < 4.78 is 33.8. The first kappa shape index (κ1) is 18.2. The van der Waals surface area contributed by atoms with Crippen LogP contribution in [0.25, 0.3) is 0 Å². The summed E-state index contributed by atoms with van der Waals surface area (Å²) >= 11 is 3.30. The van der Waals surface area contributed by atoms with E-state index in [1.807, 2.05) is 18.2 Å². The first-order valence-corrected chi connectivity index (χ1v) is 10.4. The molecule has 1 heterocycles. The van der Waals surface area contributed by atoms with Crippen molar-refractivity contribution in [2.24, 2.45) is 0 Å². The van der Waals surface area contributed by atoms with Crippen molar-refractivity contribution < 1.29 is 13.2 Å². The number of rotatable bonds is 6. The molecule has 0 fully saturated rings. The Morgan fingerprint density at radius 2 is 2.04 bits per heavy atom. The number of nitrogens with zero attached hydrogens (tertiary/aromatic N) is 1. The lowest BCUT2D eigenvalue weighted by molar-refractivity contribution is 0.205. The molecule has 0 radical (unpaired) electrons. The summed E-state index contributed by atoms with van der Waals surface area (Å²) in [5.41, 5.74) is 2.89. The van der Waals surface area contributed by atoms with E-state index in [1.165, 1.54) is 5.56 Å². The number of hydrogen-bond donors (Lipinski definition) is 1. The zero-order valence-electron chi connectivity index (χ0n) is 14.0. The van der Waals surface area contributed by atoms with Crippen LogP contribution < -0.4 is 9.62 Å². The molecule has 1 N–H and O–H groups in total. The van der Waals surface area contributed by atoms with Gasteiger partial charge < -0.3 is 9.64 Å². The molecule has 0 atom stereocenters.